The van der Waals surface area contributed by atoms with E-state index in [9.17, 15) is 13.2 Å². The number of carbonyl (C=O) groups excluding carboxylic acids is 1. The van der Waals surface area contributed by atoms with Crippen molar-refractivity contribution in [2.75, 3.05) is 21.9 Å². The van der Waals surface area contributed by atoms with E-state index in [2.05, 4.69) is 10.6 Å². The molecule has 8 heteroatoms. The molecule has 1 saturated carbocycles. The zero-order chi connectivity index (χ0) is 15.0. The quantitative estimate of drug-likeness (QED) is 0.892. The molecule has 2 aliphatic rings. The van der Waals surface area contributed by atoms with Gasteiger partial charge in [-0.05, 0) is 37.5 Å². The van der Waals surface area contributed by atoms with E-state index < -0.39 is 10.0 Å². The van der Waals surface area contributed by atoms with Crippen LogP contribution in [0, 0.1) is 0 Å². The summed E-state index contributed by atoms with van der Waals surface area (Å²) in [4.78, 5) is 11.7. The summed E-state index contributed by atoms with van der Waals surface area (Å²) in [7, 11) is -3.30. The van der Waals surface area contributed by atoms with Crippen LogP contribution in [0.5, 0.6) is 0 Å². The first-order valence-corrected chi connectivity index (χ1v) is 8.82. The van der Waals surface area contributed by atoms with Crippen LogP contribution in [-0.2, 0) is 10.0 Å². The fraction of sp³-hybridized carbons (Fsp3) is 0.462. The number of carbonyl (C=O) groups is 1. The molecule has 0 atom stereocenters. The van der Waals surface area contributed by atoms with Gasteiger partial charge in [0.05, 0.1) is 16.5 Å². The molecule has 2 N–H and O–H groups in total. The van der Waals surface area contributed by atoms with Gasteiger partial charge in [0.1, 0.15) is 0 Å². The van der Waals surface area contributed by atoms with Crippen LogP contribution in [0.15, 0.2) is 18.2 Å². The molecular weight excluding hydrogens is 314 g/mol. The normalized spacial score (nSPS) is 20.3. The smallest absolute Gasteiger partial charge is 0.319 e. The Labute approximate surface area is 128 Å². The first kappa shape index (κ1) is 14.5. The largest absolute Gasteiger partial charge is 0.335 e. The Morgan fingerprint density at radius 1 is 1.33 bits per heavy atom. The molecule has 0 bridgehead atoms. The zero-order valence-electron chi connectivity index (χ0n) is 11.3. The Morgan fingerprint density at radius 3 is 2.71 bits per heavy atom. The number of anilines is 2. The topological polar surface area (TPSA) is 78.5 Å². The molecule has 0 aromatic heterocycles. The van der Waals surface area contributed by atoms with Crippen molar-refractivity contribution in [2.24, 2.45) is 0 Å². The molecule has 0 radical (unpaired) electrons. The second-order valence-electron chi connectivity index (χ2n) is 5.28. The molecule has 1 aliphatic heterocycles. The van der Waals surface area contributed by atoms with Crippen LogP contribution in [0.2, 0.25) is 5.02 Å². The van der Waals surface area contributed by atoms with Crippen molar-refractivity contribution in [1.82, 2.24) is 5.32 Å². The third-order valence-corrected chi connectivity index (χ3v) is 5.66. The molecule has 6 nitrogen and oxygen atoms in total. The van der Waals surface area contributed by atoms with E-state index in [1.165, 1.54) is 4.31 Å². The molecular formula is C13H16ClN3O3S. The summed E-state index contributed by atoms with van der Waals surface area (Å²) in [5.41, 5.74) is 0.938. The van der Waals surface area contributed by atoms with Crippen molar-refractivity contribution in [3.8, 4) is 0 Å². The highest BCUT2D eigenvalue weighted by Crippen LogP contribution is 2.33. The van der Waals surface area contributed by atoms with Crippen LogP contribution in [0.1, 0.15) is 19.3 Å². The first-order chi connectivity index (χ1) is 9.95. The minimum absolute atomic E-state index is 0.128. The maximum absolute atomic E-state index is 12.0. The third kappa shape index (κ3) is 3.24. The fourth-order valence-electron chi connectivity index (χ4n) is 2.27. The Balaban J connectivity index is 1.80. The number of rotatable bonds is 3. The number of hydrogen-bond donors (Lipinski definition) is 2. The number of amides is 2. The van der Waals surface area contributed by atoms with Gasteiger partial charge in [0.15, 0.2) is 0 Å². The second-order valence-corrected chi connectivity index (χ2v) is 7.70. The lowest BCUT2D eigenvalue weighted by Crippen LogP contribution is -2.30. The highest BCUT2D eigenvalue weighted by molar-refractivity contribution is 7.93. The van der Waals surface area contributed by atoms with Gasteiger partial charge in [0.25, 0.3) is 0 Å². The van der Waals surface area contributed by atoms with Crippen LogP contribution >= 0.6 is 11.6 Å². The van der Waals surface area contributed by atoms with Gasteiger partial charge in [-0.2, -0.15) is 0 Å². The number of halogens is 1. The van der Waals surface area contributed by atoms with Gasteiger partial charge in [-0.25, -0.2) is 13.2 Å². The van der Waals surface area contributed by atoms with E-state index in [0.29, 0.717) is 29.4 Å². The van der Waals surface area contributed by atoms with Gasteiger partial charge < -0.3 is 10.6 Å². The summed E-state index contributed by atoms with van der Waals surface area (Å²) in [6, 6.07) is 4.82. The summed E-state index contributed by atoms with van der Waals surface area (Å²) in [5, 5.41) is 5.86. The average Bonchev–Trinajstić information content (AvgIpc) is 3.14. The molecule has 3 rings (SSSR count). The molecule has 1 aromatic carbocycles. The van der Waals surface area contributed by atoms with E-state index in [1.807, 2.05) is 0 Å². The predicted octanol–water partition coefficient (Wildman–Crippen LogP) is 2.16. The standard InChI is InChI=1S/C13H16ClN3O3S/c14-11-5-4-10(16-13(18)15-9-2-3-9)8-12(11)17-6-1-7-21(17,19)20/h4-5,8-9H,1-3,6-7H2,(H2,15,16,18). The van der Waals surface area contributed by atoms with Crippen molar-refractivity contribution in [1.29, 1.82) is 0 Å². The molecule has 1 aromatic rings. The summed E-state index contributed by atoms with van der Waals surface area (Å²) >= 11 is 6.10. The number of nitrogens with one attached hydrogen (secondary N) is 2. The summed E-state index contributed by atoms with van der Waals surface area (Å²) in [5.74, 6) is 0.128. The maximum Gasteiger partial charge on any atom is 0.319 e. The monoisotopic (exact) mass is 329 g/mol. The van der Waals surface area contributed by atoms with Crippen molar-refractivity contribution in [2.45, 2.75) is 25.3 Å². The molecule has 0 unspecified atom stereocenters. The Kier molecular flexibility index (Phi) is 3.71. The first-order valence-electron chi connectivity index (χ1n) is 6.83. The van der Waals surface area contributed by atoms with Crippen molar-refractivity contribution in [3.05, 3.63) is 23.2 Å². The maximum atomic E-state index is 12.0. The van der Waals surface area contributed by atoms with Gasteiger partial charge >= 0.3 is 6.03 Å². The lowest BCUT2D eigenvalue weighted by Gasteiger charge is -2.19. The second kappa shape index (κ2) is 5.38. The van der Waals surface area contributed by atoms with Gasteiger partial charge in [-0.1, -0.05) is 11.6 Å². The molecule has 114 valence electrons. The third-order valence-electron chi connectivity index (χ3n) is 3.48. The van der Waals surface area contributed by atoms with Crippen LogP contribution in [0.25, 0.3) is 0 Å². The van der Waals surface area contributed by atoms with Crippen LogP contribution in [0.3, 0.4) is 0 Å². The zero-order valence-corrected chi connectivity index (χ0v) is 12.9. The van der Waals surface area contributed by atoms with E-state index in [0.717, 1.165) is 12.8 Å². The number of hydrogen-bond acceptors (Lipinski definition) is 3. The summed E-state index contributed by atoms with van der Waals surface area (Å²) < 4.78 is 25.2. The molecule has 0 spiro atoms. The van der Waals surface area contributed by atoms with E-state index in [-0.39, 0.29) is 17.8 Å². The van der Waals surface area contributed by atoms with Crippen molar-refractivity contribution >= 4 is 39.0 Å². The van der Waals surface area contributed by atoms with Crippen molar-refractivity contribution in [3.63, 3.8) is 0 Å². The van der Waals surface area contributed by atoms with E-state index >= 15 is 0 Å². The van der Waals surface area contributed by atoms with Crippen LogP contribution in [-0.4, -0.2) is 32.8 Å². The fourth-order valence-corrected chi connectivity index (χ4v) is 4.11. The van der Waals surface area contributed by atoms with Crippen LogP contribution in [0.4, 0.5) is 16.2 Å². The van der Waals surface area contributed by atoms with E-state index in [4.69, 9.17) is 11.6 Å². The molecule has 21 heavy (non-hydrogen) atoms. The summed E-state index contributed by atoms with van der Waals surface area (Å²) in [6.07, 6.45) is 2.59. The Bertz CT molecular complexity index is 673. The molecule has 1 heterocycles. The van der Waals surface area contributed by atoms with Gasteiger partial charge in [0.2, 0.25) is 10.0 Å². The Morgan fingerprint density at radius 2 is 2.10 bits per heavy atom. The SMILES string of the molecule is O=C(Nc1ccc(Cl)c(N2CCCS2(=O)=O)c1)NC1CC1. The molecule has 1 saturated heterocycles. The lowest BCUT2D eigenvalue weighted by molar-refractivity contribution is 0.251. The number of sulfonamides is 1. The number of nitrogens with zero attached hydrogens (tertiary/aromatic N) is 1. The highest BCUT2D eigenvalue weighted by Gasteiger charge is 2.30. The molecule has 2 fully saturated rings. The highest BCUT2D eigenvalue weighted by atomic mass is 35.5. The molecule has 2 amide bonds. The summed E-state index contributed by atoms with van der Waals surface area (Å²) in [6.45, 7) is 0.416. The van der Waals surface area contributed by atoms with Crippen LogP contribution < -0.4 is 14.9 Å². The van der Waals surface area contributed by atoms with Gasteiger partial charge in [-0.15, -0.1) is 0 Å². The minimum Gasteiger partial charge on any atom is -0.335 e. The lowest BCUT2D eigenvalue weighted by atomic mass is 10.2. The number of urea groups is 1. The number of benzene rings is 1. The molecule has 1 aliphatic carbocycles. The minimum atomic E-state index is -3.30. The van der Waals surface area contributed by atoms with Gasteiger partial charge in [0, 0.05) is 18.3 Å². The predicted molar refractivity (Wildman–Crippen MR) is 82.4 cm³/mol. The van der Waals surface area contributed by atoms with E-state index in [1.54, 1.807) is 18.2 Å². The Hall–Kier alpha value is -1.47. The van der Waals surface area contributed by atoms with Crippen molar-refractivity contribution < 1.29 is 13.2 Å². The average molecular weight is 330 g/mol. The van der Waals surface area contributed by atoms with Gasteiger partial charge in [-0.3, -0.25) is 4.31 Å².